The highest BCUT2D eigenvalue weighted by Gasteiger charge is 2.30. The molecule has 1 aliphatic rings. The Labute approximate surface area is 849 Å². The Morgan fingerprint density at radius 1 is 0.365 bits per heavy atom. The van der Waals surface area contributed by atoms with Crippen molar-refractivity contribution in [2.24, 2.45) is 40.9 Å². The minimum atomic E-state index is -0.535. The van der Waals surface area contributed by atoms with E-state index in [9.17, 15) is 44.7 Å². The van der Waals surface area contributed by atoms with Gasteiger partial charge in [0.1, 0.15) is 22.7 Å². The predicted molar refractivity (Wildman–Crippen MR) is 563 cm³/mol. The maximum Gasteiger partial charge on any atom is 0.259 e. The van der Waals surface area contributed by atoms with E-state index in [1.807, 2.05) is 105 Å². The molecule has 8 heterocycles. The van der Waals surface area contributed by atoms with Crippen LogP contribution >= 0.6 is 23.4 Å². The number of benzene rings is 13. The first kappa shape index (κ1) is 97.3. The maximum atomic E-state index is 13.2. The van der Waals surface area contributed by atoms with Crippen molar-refractivity contribution in [1.29, 1.82) is 0 Å². The van der Waals surface area contributed by atoms with Gasteiger partial charge in [0.05, 0.1) is 85.6 Å². The quantitative estimate of drug-likeness (QED) is 0.0236. The number of hydrogen-bond donors (Lipinski definition) is 10. The second-order valence-electron chi connectivity index (χ2n) is 32.3. The minimum absolute atomic E-state index is 0.0150. The highest BCUT2D eigenvalue weighted by atomic mass is 35.5. The number of phenolic OH excluding ortho intramolecular Hbond substituents is 4. The van der Waals surface area contributed by atoms with Crippen molar-refractivity contribution in [2.45, 2.75) is 30.8 Å². The molecule has 1 unspecified atom stereocenters. The van der Waals surface area contributed by atoms with Crippen LogP contribution in [0, 0.1) is 40.1 Å². The van der Waals surface area contributed by atoms with Gasteiger partial charge in [-0.1, -0.05) is 198 Å². The van der Waals surface area contributed by atoms with Gasteiger partial charge < -0.3 is 52.1 Å². The zero-order valence-electron chi connectivity index (χ0n) is 77.6. The van der Waals surface area contributed by atoms with Crippen LogP contribution in [0.2, 0.25) is 5.02 Å². The average Bonchev–Trinajstić information content (AvgIpc) is 1.09. The number of aliphatic hydroxyl groups excluding tert-OH is 1. The van der Waals surface area contributed by atoms with Crippen molar-refractivity contribution in [3.63, 3.8) is 0 Å². The van der Waals surface area contributed by atoms with Gasteiger partial charge in [0.15, 0.2) is 69.2 Å². The molecule has 718 valence electrons. The first-order valence-electron chi connectivity index (χ1n) is 44.8. The summed E-state index contributed by atoms with van der Waals surface area (Å²) in [5, 5.41) is 125. The molecule has 0 saturated heterocycles. The first-order chi connectivity index (χ1) is 72.2. The van der Waals surface area contributed by atoms with Crippen LogP contribution in [0.1, 0.15) is 63.6 Å². The zero-order chi connectivity index (χ0) is 103. The molecular weight excluding hydrogens is 1910 g/mol. The van der Waals surface area contributed by atoms with Gasteiger partial charge in [0.2, 0.25) is 0 Å². The SMILES string of the molecule is [C-]#[N+]c1cnn(-c2ccccn2)c1N=Nc1c(O)c(C(=O)Nc2ccc(C)cc2)cc2ccccc12.[C-]#[N+]c1cnn(-c2ccccn2)c1N=Nc1c(O)c(C(=O)Nc2ccc(C)cc2)cc2ccccc12.[C-]#[N+]c1cnn(-c2ccccn2)c1N=Nc1c(O)c(C(=O)Nc2ccc(Cl)cc2)cc2ccccc12.[C-]#[N+]c1cnn(C2Nc3ccccc3S2)c1N=Nc1c(O)c(C(=O)Nc2ccc(CO)cc2)cc2ccccc12. The highest BCUT2D eigenvalue weighted by molar-refractivity contribution is 8.00. The third kappa shape index (κ3) is 21.4. The fourth-order valence-electron chi connectivity index (χ4n) is 15.3. The number of aryl methyl sites for hydroxylation is 2. The fourth-order valence-corrected chi connectivity index (χ4v) is 16.5. The number of anilines is 5. The molecule has 0 spiro atoms. The van der Waals surface area contributed by atoms with E-state index in [0.29, 0.717) is 93.9 Å². The molecule has 37 nitrogen and oxygen atoms in total. The van der Waals surface area contributed by atoms with Crippen molar-refractivity contribution in [2.75, 3.05) is 26.6 Å². The monoisotopic (exact) mass is 1990 g/mol. The molecular formula is C109H75ClN28O9S. The van der Waals surface area contributed by atoms with Gasteiger partial charge >= 0.3 is 0 Å². The molecule has 0 bridgehead atoms. The smallest absolute Gasteiger partial charge is 0.259 e. The van der Waals surface area contributed by atoms with E-state index in [1.54, 1.807) is 230 Å². The Morgan fingerprint density at radius 3 is 0.973 bits per heavy atom. The van der Waals surface area contributed by atoms with E-state index in [0.717, 1.165) is 21.7 Å². The van der Waals surface area contributed by atoms with Crippen molar-refractivity contribution >= 4 is 187 Å². The summed E-state index contributed by atoms with van der Waals surface area (Å²) in [6.45, 7) is 33.8. The third-order valence-corrected chi connectivity index (χ3v) is 24.1. The molecule has 0 fully saturated rings. The lowest BCUT2D eigenvalue weighted by atomic mass is 10.0. The number of pyridine rings is 3. The van der Waals surface area contributed by atoms with Crippen LogP contribution in [-0.4, -0.2) is 103 Å². The van der Waals surface area contributed by atoms with Crippen LogP contribution in [0.15, 0.2) is 386 Å². The average molecular weight is 1990 g/mol. The number of nitrogens with zero attached hydrogens (tertiary/aromatic N) is 23. The minimum Gasteiger partial charge on any atom is -0.505 e. The van der Waals surface area contributed by atoms with Gasteiger partial charge in [0, 0.05) is 72.8 Å². The van der Waals surface area contributed by atoms with Crippen LogP contribution < -0.4 is 26.6 Å². The number of azo groups is 4. The van der Waals surface area contributed by atoms with Gasteiger partial charge in [-0.25, -0.2) is 53.1 Å². The van der Waals surface area contributed by atoms with Crippen LogP contribution in [0.5, 0.6) is 23.0 Å². The number of amides is 4. The molecule has 4 amide bonds. The normalized spacial score (nSPS) is 11.9. The van der Waals surface area contributed by atoms with E-state index in [-0.39, 0.29) is 126 Å². The summed E-state index contributed by atoms with van der Waals surface area (Å²) in [4.78, 5) is 80.2. The Morgan fingerprint density at radius 2 is 0.655 bits per heavy atom. The molecule has 0 aliphatic carbocycles. The largest absolute Gasteiger partial charge is 0.505 e. The lowest BCUT2D eigenvalue weighted by Gasteiger charge is -2.13. The molecule has 21 rings (SSSR count). The van der Waals surface area contributed by atoms with Crippen LogP contribution in [0.4, 0.5) is 97.2 Å². The van der Waals surface area contributed by atoms with Crippen LogP contribution in [0.25, 0.3) is 79.9 Å². The number of aromatic hydroxyl groups is 4. The second kappa shape index (κ2) is 44.2. The summed E-state index contributed by atoms with van der Waals surface area (Å²) in [5.74, 6) is -1.34. The van der Waals surface area contributed by atoms with E-state index in [2.05, 4.69) is 122 Å². The van der Waals surface area contributed by atoms with E-state index >= 15 is 0 Å². The summed E-state index contributed by atoms with van der Waals surface area (Å²) in [7, 11) is 0. The fraction of sp³-hybridized carbons (Fsp3) is 0.0367. The van der Waals surface area contributed by atoms with E-state index in [1.165, 1.54) is 50.6 Å². The molecule has 0 saturated carbocycles. The van der Waals surface area contributed by atoms with Gasteiger partial charge in [-0.15, -0.1) is 40.9 Å². The number of nitrogens with one attached hydrogen (secondary N) is 5. The summed E-state index contributed by atoms with van der Waals surface area (Å²) in [5.41, 5.74) is 6.87. The van der Waals surface area contributed by atoms with Gasteiger partial charge in [-0.3, -0.25) is 19.2 Å². The summed E-state index contributed by atoms with van der Waals surface area (Å²) in [6.07, 6.45) is 10.3. The standard InChI is InChI=1S/C29H21N7O3S.2C27H19N7O2.C26H16ClN7O2/c1-30-23-15-31-36(29-33-22-8-4-5-9-24(22)40-29)27(23)35-34-25-20-7-3-2-6-18(20)14-21(26(25)38)28(39)32-19-12-10-17(16-37)11-13-19;2*1-17-10-12-19(13-11-17)31-27(36)21-15-18-7-3-4-8-20(18)24(25(21)35)32-33-26-22(28-2)16-30-34(26)23-9-5-6-14-29-23;1-28-21-15-30-34(22-8-4-5-13-29-22)25(21)33-32-23-19-7-3-2-6-16(19)14-20(24(23)35)26(36)31-18-11-9-17(27)10-12-18/h2-15,29,33,37-38H,16H2,(H,32,39);2*3-16,35H,1H3,(H,31,36);2-15,35H,(H,31,36). The molecule has 1 atom stereocenters. The molecule has 13 aromatic carbocycles. The molecule has 148 heavy (non-hydrogen) atoms. The number of fused-ring (bicyclic) bond motifs is 5. The van der Waals surface area contributed by atoms with Gasteiger partial charge in [0.25, 0.3) is 46.4 Å². The molecule has 7 aromatic heterocycles. The Bertz CT molecular complexity index is 8210. The molecule has 39 heteroatoms. The number of halogens is 1. The van der Waals surface area contributed by atoms with Gasteiger partial charge in [-0.2, -0.15) is 20.4 Å². The summed E-state index contributed by atoms with van der Waals surface area (Å²) in [6, 6.07) is 86.9. The van der Waals surface area contributed by atoms with Gasteiger partial charge in [-0.05, 0) is 174 Å². The number of rotatable bonds is 21. The number of carbonyl (C=O) groups is 4. The number of thioether (sulfide) groups is 1. The lowest BCUT2D eigenvalue weighted by Crippen LogP contribution is -2.12. The predicted octanol–water partition coefficient (Wildman–Crippen LogP) is 27.4. The van der Waals surface area contributed by atoms with Crippen molar-refractivity contribution in [3.8, 4) is 40.5 Å². The first-order valence-corrected chi connectivity index (χ1v) is 46.0. The third-order valence-electron chi connectivity index (χ3n) is 22.7. The summed E-state index contributed by atoms with van der Waals surface area (Å²) >= 11 is 7.45. The number of aliphatic hydroxyl groups is 1. The maximum absolute atomic E-state index is 13.2. The zero-order valence-corrected chi connectivity index (χ0v) is 79.1. The summed E-state index contributed by atoms with van der Waals surface area (Å²) < 4.78 is 5.74. The van der Waals surface area contributed by atoms with Crippen molar-refractivity contribution in [1.82, 2.24) is 54.1 Å². The van der Waals surface area contributed by atoms with Crippen LogP contribution in [0.3, 0.4) is 0 Å². The van der Waals surface area contributed by atoms with Crippen LogP contribution in [-0.2, 0) is 6.61 Å². The van der Waals surface area contributed by atoms with E-state index < -0.39 is 23.6 Å². The topological polar surface area (TPSA) is 456 Å². The lowest BCUT2D eigenvalue weighted by molar-refractivity contribution is 0.101. The number of para-hydroxylation sites is 1. The van der Waals surface area contributed by atoms with Crippen molar-refractivity contribution < 1.29 is 44.7 Å². The molecule has 20 aromatic rings. The number of phenols is 4. The Hall–Kier alpha value is -21.0. The van der Waals surface area contributed by atoms with E-state index in [4.69, 9.17) is 37.9 Å². The van der Waals surface area contributed by atoms with Crippen molar-refractivity contribution in [3.05, 3.63) is 430 Å². The second-order valence-corrected chi connectivity index (χ2v) is 33.9. The number of aromatic nitrogens is 11. The number of hydrogen-bond acceptors (Lipinski definition) is 26. The highest BCUT2D eigenvalue weighted by Crippen LogP contribution is 2.50. The molecule has 0 radical (unpaired) electrons. The Balaban J connectivity index is 0.000000129. The Kier molecular flexibility index (Phi) is 29.1. The molecule has 10 N–H and O–H groups in total. The number of carbonyl (C=O) groups excluding carboxylic acids is 4. The molecule has 1 aliphatic heterocycles.